The lowest BCUT2D eigenvalue weighted by molar-refractivity contribution is 0.415. The van der Waals surface area contributed by atoms with Crippen LogP contribution in [0.4, 0.5) is 4.39 Å². The van der Waals surface area contributed by atoms with Crippen molar-refractivity contribution in [3.05, 3.63) is 34.4 Å². The van der Waals surface area contributed by atoms with E-state index >= 15 is 0 Å². The second-order valence-electron chi connectivity index (χ2n) is 3.70. The van der Waals surface area contributed by atoms with Gasteiger partial charge < -0.3 is 9.30 Å². The fourth-order valence-electron chi connectivity index (χ4n) is 1.73. The molecule has 2 aromatic rings. The summed E-state index contributed by atoms with van der Waals surface area (Å²) in [6.07, 6.45) is 0. The van der Waals surface area contributed by atoms with E-state index in [0.717, 1.165) is 11.5 Å². The van der Waals surface area contributed by atoms with E-state index in [2.05, 4.69) is 20.9 Å². The van der Waals surface area contributed by atoms with Crippen LogP contribution in [0.3, 0.4) is 0 Å². The van der Waals surface area contributed by atoms with Crippen LogP contribution < -0.4 is 4.74 Å². The minimum atomic E-state index is -0.299. The number of ether oxygens (including phenoxy) is 1. The highest BCUT2D eigenvalue weighted by atomic mass is 79.9. The van der Waals surface area contributed by atoms with Gasteiger partial charge in [-0.3, -0.25) is 0 Å². The van der Waals surface area contributed by atoms with Crippen LogP contribution in [0.1, 0.15) is 5.82 Å². The monoisotopic (exact) mass is 298 g/mol. The first-order chi connectivity index (χ1) is 8.04. The van der Waals surface area contributed by atoms with Crippen LogP contribution in [0.5, 0.6) is 5.75 Å². The molecule has 5 heteroatoms. The van der Waals surface area contributed by atoms with Gasteiger partial charge in [-0.25, -0.2) is 9.37 Å². The van der Waals surface area contributed by atoms with Crippen molar-refractivity contribution < 1.29 is 9.13 Å². The maximum atomic E-state index is 13.3. The number of nitrogens with zero attached hydrogens (tertiary/aromatic N) is 2. The summed E-state index contributed by atoms with van der Waals surface area (Å²) in [5.74, 6) is 1.17. The van der Waals surface area contributed by atoms with Crippen LogP contribution >= 0.6 is 15.9 Å². The fourth-order valence-corrected chi connectivity index (χ4v) is 2.46. The Kier molecular flexibility index (Phi) is 3.19. The third-order valence-electron chi connectivity index (χ3n) is 2.69. The van der Waals surface area contributed by atoms with Gasteiger partial charge in [0.15, 0.2) is 0 Å². The summed E-state index contributed by atoms with van der Waals surface area (Å²) >= 11 is 3.38. The molecule has 1 heterocycles. The van der Waals surface area contributed by atoms with E-state index in [1.165, 1.54) is 12.1 Å². The van der Waals surface area contributed by atoms with E-state index in [1.807, 2.05) is 18.5 Å². The Balaban J connectivity index is 2.71. The molecule has 0 aliphatic rings. The molecule has 0 radical (unpaired) electrons. The molecule has 3 nitrogen and oxygen atoms in total. The second kappa shape index (κ2) is 4.49. The molecule has 0 unspecified atom stereocenters. The van der Waals surface area contributed by atoms with Crippen molar-refractivity contribution in [2.24, 2.45) is 7.05 Å². The Morgan fingerprint density at radius 2 is 2.12 bits per heavy atom. The zero-order valence-electron chi connectivity index (χ0n) is 9.79. The summed E-state index contributed by atoms with van der Waals surface area (Å²) in [7, 11) is 3.45. The maximum absolute atomic E-state index is 13.3. The van der Waals surface area contributed by atoms with Crippen LogP contribution in [0.25, 0.3) is 11.3 Å². The SMILES string of the molecule is COc1ccc(F)cc1-c1c(Br)nc(C)n1C. The zero-order valence-corrected chi connectivity index (χ0v) is 11.4. The summed E-state index contributed by atoms with van der Waals surface area (Å²) in [5.41, 5.74) is 1.49. The average Bonchev–Trinajstić information content (AvgIpc) is 2.53. The summed E-state index contributed by atoms with van der Waals surface area (Å²) in [4.78, 5) is 4.29. The van der Waals surface area contributed by atoms with Crippen molar-refractivity contribution in [1.29, 1.82) is 0 Å². The van der Waals surface area contributed by atoms with E-state index in [0.29, 0.717) is 15.9 Å². The lowest BCUT2D eigenvalue weighted by Gasteiger charge is -2.10. The summed E-state index contributed by atoms with van der Waals surface area (Å²) < 4.78 is 21.2. The Morgan fingerprint density at radius 1 is 1.41 bits per heavy atom. The van der Waals surface area contributed by atoms with Crippen molar-refractivity contribution in [2.45, 2.75) is 6.92 Å². The standard InChI is InChI=1S/C12H12BrFN2O/c1-7-15-12(13)11(16(7)2)9-6-8(14)4-5-10(9)17-3/h4-6H,1-3H3. The minimum absolute atomic E-state index is 0.299. The summed E-state index contributed by atoms with van der Waals surface area (Å²) in [6, 6.07) is 4.43. The lowest BCUT2D eigenvalue weighted by atomic mass is 10.1. The molecule has 0 atom stereocenters. The number of imidazole rings is 1. The van der Waals surface area contributed by atoms with Crippen molar-refractivity contribution in [2.75, 3.05) is 7.11 Å². The molecule has 1 aromatic carbocycles. The molecular formula is C12H12BrFN2O. The van der Waals surface area contributed by atoms with Gasteiger partial charge in [0.25, 0.3) is 0 Å². The zero-order chi connectivity index (χ0) is 12.6. The van der Waals surface area contributed by atoms with Gasteiger partial charge in [0.05, 0.1) is 12.8 Å². The molecule has 2 rings (SSSR count). The molecule has 0 bridgehead atoms. The Bertz CT molecular complexity index is 566. The minimum Gasteiger partial charge on any atom is -0.496 e. The van der Waals surface area contributed by atoms with Crippen LogP contribution in [0.15, 0.2) is 22.8 Å². The second-order valence-corrected chi connectivity index (χ2v) is 4.45. The van der Waals surface area contributed by atoms with E-state index in [4.69, 9.17) is 4.74 Å². The third kappa shape index (κ3) is 2.07. The highest BCUT2D eigenvalue weighted by molar-refractivity contribution is 9.10. The average molecular weight is 299 g/mol. The molecular weight excluding hydrogens is 287 g/mol. The molecule has 0 aliphatic carbocycles. The number of aromatic nitrogens is 2. The molecule has 0 saturated heterocycles. The predicted molar refractivity (Wildman–Crippen MR) is 67.6 cm³/mol. The molecule has 0 N–H and O–H groups in total. The maximum Gasteiger partial charge on any atom is 0.132 e. The van der Waals surface area contributed by atoms with Gasteiger partial charge in [-0.2, -0.15) is 0 Å². The first-order valence-corrected chi connectivity index (χ1v) is 5.86. The topological polar surface area (TPSA) is 27.1 Å². The molecule has 0 fully saturated rings. The number of rotatable bonds is 2. The molecule has 0 amide bonds. The Hall–Kier alpha value is -1.36. The number of halogens is 2. The van der Waals surface area contributed by atoms with Crippen molar-refractivity contribution in [3.63, 3.8) is 0 Å². The van der Waals surface area contributed by atoms with E-state index < -0.39 is 0 Å². The first-order valence-electron chi connectivity index (χ1n) is 5.07. The molecule has 0 saturated carbocycles. The number of hydrogen-bond donors (Lipinski definition) is 0. The lowest BCUT2D eigenvalue weighted by Crippen LogP contribution is -1.97. The Labute approximate surface area is 107 Å². The highest BCUT2D eigenvalue weighted by Crippen LogP contribution is 2.35. The van der Waals surface area contributed by atoms with Crippen LogP contribution in [0.2, 0.25) is 0 Å². The fraction of sp³-hybridized carbons (Fsp3) is 0.250. The van der Waals surface area contributed by atoms with Crippen LogP contribution in [-0.2, 0) is 7.05 Å². The van der Waals surface area contributed by atoms with Crippen LogP contribution in [0, 0.1) is 12.7 Å². The van der Waals surface area contributed by atoms with Gasteiger partial charge >= 0.3 is 0 Å². The molecule has 1 aromatic heterocycles. The Morgan fingerprint density at radius 3 is 2.65 bits per heavy atom. The third-order valence-corrected chi connectivity index (χ3v) is 3.25. The summed E-state index contributed by atoms with van der Waals surface area (Å²) in [6.45, 7) is 1.89. The molecule has 17 heavy (non-hydrogen) atoms. The van der Waals surface area contributed by atoms with Gasteiger partial charge in [0, 0.05) is 12.6 Å². The molecule has 90 valence electrons. The summed E-state index contributed by atoms with van der Waals surface area (Å²) in [5, 5.41) is 0. The number of aryl methyl sites for hydroxylation is 1. The van der Waals surface area contributed by atoms with Gasteiger partial charge in [0.1, 0.15) is 22.0 Å². The van der Waals surface area contributed by atoms with Crippen molar-refractivity contribution in [3.8, 4) is 17.0 Å². The van der Waals surface area contributed by atoms with Gasteiger partial charge in [-0.05, 0) is 41.1 Å². The normalized spacial score (nSPS) is 10.6. The van der Waals surface area contributed by atoms with E-state index in [-0.39, 0.29) is 5.82 Å². The first kappa shape index (κ1) is 12.1. The van der Waals surface area contributed by atoms with Gasteiger partial charge in [-0.1, -0.05) is 0 Å². The number of hydrogen-bond acceptors (Lipinski definition) is 2. The predicted octanol–water partition coefficient (Wildman–Crippen LogP) is 3.31. The van der Waals surface area contributed by atoms with Crippen LogP contribution in [-0.4, -0.2) is 16.7 Å². The van der Waals surface area contributed by atoms with Crippen molar-refractivity contribution >= 4 is 15.9 Å². The molecule has 0 spiro atoms. The smallest absolute Gasteiger partial charge is 0.132 e. The largest absolute Gasteiger partial charge is 0.496 e. The highest BCUT2D eigenvalue weighted by Gasteiger charge is 2.16. The van der Waals surface area contributed by atoms with Crippen molar-refractivity contribution in [1.82, 2.24) is 9.55 Å². The number of methoxy groups -OCH3 is 1. The van der Waals surface area contributed by atoms with Gasteiger partial charge in [0.2, 0.25) is 0 Å². The number of benzene rings is 1. The van der Waals surface area contributed by atoms with E-state index in [9.17, 15) is 4.39 Å². The van der Waals surface area contributed by atoms with Gasteiger partial charge in [-0.15, -0.1) is 0 Å². The molecule has 0 aliphatic heterocycles. The quantitative estimate of drug-likeness (QED) is 0.850. The van der Waals surface area contributed by atoms with E-state index in [1.54, 1.807) is 13.2 Å².